The molecule has 2 aromatic rings. The molecule has 1 aromatic heterocycles. The van der Waals surface area contributed by atoms with Gasteiger partial charge >= 0.3 is 0 Å². The van der Waals surface area contributed by atoms with Crippen LogP contribution in [0.1, 0.15) is 36.6 Å². The summed E-state index contributed by atoms with van der Waals surface area (Å²) in [6, 6.07) is 13.1. The molecule has 0 spiro atoms. The molecule has 0 fully saturated rings. The van der Waals surface area contributed by atoms with Crippen molar-refractivity contribution in [2.45, 2.75) is 25.3 Å². The number of aliphatic hydroxyl groups is 1. The number of carbonyl (C=O) groups excluding carboxylic acids is 1. The molecule has 0 aliphatic carbocycles. The fourth-order valence-corrected chi connectivity index (χ4v) is 2.05. The highest BCUT2D eigenvalue weighted by atomic mass is 16.3. The van der Waals surface area contributed by atoms with Gasteiger partial charge in [-0.1, -0.05) is 30.3 Å². The Morgan fingerprint density at radius 2 is 1.95 bits per heavy atom. The molecule has 1 aromatic carbocycles. The van der Waals surface area contributed by atoms with E-state index in [0.29, 0.717) is 25.0 Å². The van der Waals surface area contributed by atoms with Crippen LogP contribution in [-0.2, 0) is 4.79 Å². The van der Waals surface area contributed by atoms with E-state index in [1.54, 1.807) is 6.26 Å². The smallest absolute Gasteiger partial charge is 0.220 e. The third kappa shape index (κ3) is 3.96. The van der Waals surface area contributed by atoms with Crippen molar-refractivity contribution in [3.8, 4) is 0 Å². The first kappa shape index (κ1) is 14.3. The van der Waals surface area contributed by atoms with Crippen LogP contribution in [0.4, 0.5) is 0 Å². The van der Waals surface area contributed by atoms with Crippen LogP contribution < -0.4 is 5.32 Å². The summed E-state index contributed by atoms with van der Waals surface area (Å²) in [5, 5.41) is 11.7. The molecule has 106 valence electrons. The average molecular weight is 273 g/mol. The first-order chi connectivity index (χ1) is 9.81. The van der Waals surface area contributed by atoms with Gasteiger partial charge in [-0.05, 0) is 30.5 Å². The van der Waals surface area contributed by atoms with E-state index in [1.165, 1.54) is 0 Å². The van der Waals surface area contributed by atoms with Gasteiger partial charge in [0.15, 0.2) is 0 Å². The number of nitrogens with one attached hydrogen (secondary N) is 1. The number of aliphatic hydroxyl groups excluding tert-OH is 1. The van der Waals surface area contributed by atoms with Crippen LogP contribution in [0.3, 0.4) is 0 Å². The van der Waals surface area contributed by atoms with Gasteiger partial charge in [-0.15, -0.1) is 0 Å². The van der Waals surface area contributed by atoms with E-state index in [9.17, 15) is 4.79 Å². The Labute approximate surface area is 118 Å². The number of amides is 1. The van der Waals surface area contributed by atoms with Crippen molar-refractivity contribution in [2.24, 2.45) is 0 Å². The molecule has 0 aliphatic heterocycles. The Morgan fingerprint density at radius 1 is 1.15 bits per heavy atom. The molecule has 1 atom stereocenters. The average Bonchev–Trinajstić information content (AvgIpc) is 3.00. The Balaban J connectivity index is 2.06. The van der Waals surface area contributed by atoms with Gasteiger partial charge in [-0.25, -0.2) is 0 Å². The summed E-state index contributed by atoms with van der Waals surface area (Å²) in [5.74, 6) is 0.676. The molecule has 0 radical (unpaired) electrons. The molecule has 2 rings (SSSR count). The summed E-state index contributed by atoms with van der Waals surface area (Å²) in [5.41, 5.74) is 0.984. The summed E-state index contributed by atoms with van der Waals surface area (Å²) >= 11 is 0. The lowest BCUT2D eigenvalue weighted by molar-refractivity contribution is -0.121. The molecule has 0 saturated carbocycles. The van der Waals surface area contributed by atoms with Crippen LogP contribution >= 0.6 is 0 Å². The molecular weight excluding hydrogens is 254 g/mol. The highest BCUT2D eigenvalue weighted by Crippen LogP contribution is 2.22. The van der Waals surface area contributed by atoms with E-state index < -0.39 is 0 Å². The minimum Gasteiger partial charge on any atom is -0.467 e. The normalized spacial score (nSPS) is 12.1. The van der Waals surface area contributed by atoms with E-state index in [1.807, 2.05) is 42.5 Å². The molecule has 20 heavy (non-hydrogen) atoms. The van der Waals surface area contributed by atoms with Gasteiger partial charge in [0, 0.05) is 13.0 Å². The molecule has 0 bridgehead atoms. The summed E-state index contributed by atoms with van der Waals surface area (Å²) in [4.78, 5) is 12.0. The third-order valence-corrected chi connectivity index (χ3v) is 3.08. The molecule has 4 nitrogen and oxygen atoms in total. The minimum atomic E-state index is -0.271. The maximum atomic E-state index is 12.0. The van der Waals surface area contributed by atoms with Gasteiger partial charge < -0.3 is 14.8 Å². The number of hydrogen-bond donors (Lipinski definition) is 2. The first-order valence-electron chi connectivity index (χ1n) is 6.80. The van der Waals surface area contributed by atoms with Gasteiger partial charge in [0.2, 0.25) is 5.91 Å². The van der Waals surface area contributed by atoms with Crippen molar-refractivity contribution in [2.75, 3.05) is 6.61 Å². The molecule has 0 saturated heterocycles. The predicted octanol–water partition coefficient (Wildman–Crippen LogP) is 2.65. The summed E-state index contributed by atoms with van der Waals surface area (Å²) in [6.45, 7) is 0.119. The zero-order chi connectivity index (χ0) is 14.2. The topological polar surface area (TPSA) is 62.5 Å². The van der Waals surface area contributed by atoms with Crippen molar-refractivity contribution in [3.63, 3.8) is 0 Å². The van der Waals surface area contributed by atoms with Crippen molar-refractivity contribution in [1.29, 1.82) is 0 Å². The third-order valence-electron chi connectivity index (χ3n) is 3.08. The second-order valence-electron chi connectivity index (χ2n) is 4.61. The maximum absolute atomic E-state index is 12.0. The Hall–Kier alpha value is -2.07. The molecule has 4 heteroatoms. The standard InChI is InChI=1S/C16H19NO3/c18-11-5-4-10-15(19)17-16(14-9-6-12-20-14)13-7-2-1-3-8-13/h1-3,6-9,12,16,18H,4-5,10-11H2,(H,17,19). The summed E-state index contributed by atoms with van der Waals surface area (Å²) in [7, 11) is 0. The minimum absolute atomic E-state index is 0.0382. The molecule has 1 heterocycles. The molecule has 1 amide bonds. The number of hydrogen-bond acceptors (Lipinski definition) is 3. The van der Waals surface area contributed by atoms with Gasteiger partial charge in [0.25, 0.3) is 0 Å². The van der Waals surface area contributed by atoms with Crippen molar-refractivity contribution in [1.82, 2.24) is 5.32 Å². The van der Waals surface area contributed by atoms with Crippen LogP contribution in [-0.4, -0.2) is 17.6 Å². The largest absolute Gasteiger partial charge is 0.467 e. The van der Waals surface area contributed by atoms with E-state index in [2.05, 4.69) is 5.32 Å². The van der Waals surface area contributed by atoms with Crippen LogP contribution in [0.2, 0.25) is 0 Å². The lowest BCUT2D eigenvalue weighted by Crippen LogP contribution is -2.28. The van der Waals surface area contributed by atoms with Crippen molar-refractivity contribution < 1.29 is 14.3 Å². The van der Waals surface area contributed by atoms with Crippen LogP contribution in [0.15, 0.2) is 53.1 Å². The lowest BCUT2D eigenvalue weighted by atomic mass is 10.0. The Morgan fingerprint density at radius 3 is 2.60 bits per heavy atom. The second-order valence-corrected chi connectivity index (χ2v) is 4.61. The number of carbonyl (C=O) groups is 1. The van der Waals surface area contributed by atoms with Gasteiger partial charge in [-0.2, -0.15) is 0 Å². The zero-order valence-electron chi connectivity index (χ0n) is 11.3. The number of furan rings is 1. The fourth-order valence-electron chi connectivity index (χ4n) is 2.05. The van der Waals surface area contributed by atoms with Gasteiger partial charge in [-0.3, -0.25) is 4.79 Å². The molecule has 2 N–H and O–H groups in total. The quantitative estimate of drug-likeness (QED) is 0.762. The van der Waals surface area contributed by atoms with E-state index in [-0.39, 0.29) is 18.6 Å². The van der Waals surface area contributed by atoms with E-state index in [0.717, 1.165) is 5.56 Å². The zero-order valence-corrected chi connectivity index (χ0v) is 11.3. The van der Waals surface area contributed by atoms with Crippen LogP contribution in [0, 0.1) is 0 Å². The first-order valence-corrected chi connectivity index (χ1v) is 6.80. The van der Waals surface area contributed by atoms with E-state index in [4.69, 9.17) is 9.52 Å². The Kier molecular flexibility index (Phi) is 5.38. The predicted molar refractivity (Wildman–Crippen MR) is 76.1 cm³/mol. The molecule has 0 aliphatic rings. The molecule has 1 unspecified atom stereocenters. The van der Waals surface area contributed by atoms with Crippen molar-refractivity contribution in [3.05, 3.63) is 60.1 Å². The Bertz CT molecular complexity index is 508. The summed E-state index contributed by atoms with van der Waals surface area (Å²) in [6.07, 6.45) is 3.33. The highest BCUT2D eigenvalue weighted by molar-refractivity contribution is 5.76. The monoisotopic (exact) mass is 273 g/mol. The fraction of sp³-hybridized carbons (Fsp3) is 0.312. The van der Waals surface area contributed by atoms with Crippen molar-refractivity contribution >= 4 is 5.91 Å². The number of rotatable bonds is 7. The van der Waals surface area contributed by atoms with Crippen LogP contribution in [0.25, 0.3) is 0 Å². The number of unbranched alkanes of at least 4 members (excludes halogenated alkanes) is 1. The molecular formula is C16H19NO3. The maximum Gasteiger partial charge on any atom is 0.220 e. The van der Waals surface area contributed by atoms with E-state index >= 15 is 0 Å². The highest BCUT2D eigenvalue weighted by Gasteiger charge is 2.18. The lowest BCUT2D eigenvalue weighted by Gasteiger charge is -2.17. The SMILES string of the molecule is O=C(CCCCO)NC(c1ccccc1)c1ccco1. The second kappa shape index (κ2) is 7.50. The van der Waals surface area contributed by atoms with Gasteiger partial charge in [0.1, 0.15) is 11.8 Å². The summed E-state index contributed by atoms with van der Waals surface area (Å²) < 4.78 is 5.42. The number of benzene rings is 1. The van der Waals surface area contributed by atoms with Crippen LogP contribution in [0.5, 0.6) is 0 Å². The van der Waals surface area contributed by atoms with Gasteiger partial charge in [0.05, 0.1) is 6.26 Å².